The van der Waals surface area contributed by atoms with Gasteiger partial charge in [-0.25, -0.2) is 4.98 Å². The van der Waals surface area contributed by atoms with Crippen molar-refractivity contribution in [3.8, 4) is 11.5 Å². The third-order valence-corrected chi connectivity index (χ3v) is 5.83. The fraction of sp³-hybridized carbons (Fsp3) is 0.556. The van der Waals surface area contributed by atoms with Crippen molar-refractivity contribution in [1.29, 1.82) is 0 Å². The van der Waals surface area contributed by atoms with Crippen LogP contribution < -0.4 is 0 Å². The molecule has 0 bridgehead atoms. The molecule has 2 aromatic rings. The second kappa shape index (κ2) is 6.69. The molecule has 2 saturated heterocycles. The van der Waals surface area contributed by atoms with E-state index in [4.69, 9.17) is 4.42 Å². The van der Waals surface area contributed by atoms with E-state index in [-0.39, 0.29) is 0 Å². The fourth-order valence-corrected chi connectivity index (χ4v) is 4.37. The van der Waals surface area contributed by atoms with Crippen LogP contribution in [0.4, 0.5) is 0 Å². The summed E-state index contributed by atoms with van der Waals surface area (Å²) in [5, 5.41) is 4.10. The summed E-state index contributed by atoms with van der Waals surface area (Å²) in [7, 11) is 0. The number of rotatable bonds is 4. The minimum Gasteiger partial charge on any atom is -0.441 e. The van der Waals surface area contributed by atoms with Crippen molar-refractivity contribution in [3.05, 3.63) is 28.3 Å². The fourth-order valence-electron chi connectivity index (χ4n) is 3.74. The maximum absolute atomic E-state index is 11.9. The molecule has 0 spiro atoms. The molecular formula is C18H23N3O2S. The van der Waals surface area contributed by atoms with Gasteiger partial charge in [-0.1, -0.05) is 0 Å². The van der Waals surface area contributed by atoms with Crippen LogP contribution in [-0.2, 0) is 11.3 Å². The summed E-state index contributed by atoms with van der Waals surface area (Å²) < 4.78 is 5.83. The highest BCUT2D eigenvalue weighted by Gasteiger charge is 2.31. The molecule has 5 nitrogen and oxygen atoms in total. The number of aromatic nitrogens is 1. The molecule has 24 heavy (non-hydrogen) atoms. The number of nitrogens with zero attached hydrogens (tertiary/aromatic N) is 3. The summed E-state index contributed by atoms with van der Waals surface area (Å²) in [6.07, 6.45) is 3.91. The third kappa shape index (κ3) is 3.13. The topological polar surface area (TPSA) is 49.6 Å². The minimum absolute atomic E-state index is 0.348. The van der Waals surface area contributed by atoms with Gasteiger partial charge in [-0.3, -0.25) is 9.69 Å². The molecule has 2 aliphatic rings. The molecule has 0 N–H and O–H groups in total. The molecule has 0 radical (unpaired) electrons. The number of carbonyl (C=O) groups excluding carboxylic acids is 1. The summed E-state index contributed by atoms with van der Waals surface area (Å²) >= 11 is 1.66. The molecule has 0 aliphatic carbocycles. The van der Waals surface area contributed by atoms with Crippen molar-refractivity contribution < 1.29 is 9.21 Å². The van der Waals surface area contributed by atoms with Crippen molar-refractivity contribution in [2.24, 2.45) is 0 Å². The van der Waals surface area contributed by atoms with Crippen LogP contribution in [0.2, 0.25) is 0 Å². The van der Waals surface area contributed by atoms with Gasteiger partial charge in [0.1, 0.15) is 5.76 Å². The lowest BCUT2D eigenvalue weighted by Gasteiger charge is -2.36. The Kier molecular flexibility index (Phi) is 4.41. The second-order valence-electron chi connectivity index (χ2n) is 6.73. The molecule has 0 unspecified atom stereocenters. The predicted molar refractivity (Wildman–Crippen MR) is 93.8 cm³/mol. The lowest BCUT2D eigenvalue weighted by atomic mass is 10.0. The average Bonchev–Trinajstić information content (AvgIpc) is 3.31. The van der Waals surface area contributed by atoms with Crippen LogP contribution in [0.25, 0.3) is 11.5 Å². The van der Waals surface area contributed by atoms with E-state index in [1.165, 1.54) is 0 Å². The largest absolute Gasteiger partial charge is 0.441 e. The number of aryl methyl sites for hydroxylation is 1. The predicted octanol–water partition coefficient (Wildman–Crippen LogP) is 3.30. The Morgan fingerprint density at radius 3 is 2.83 bits per heavy atom. The standard InChI is InChI=1S/C18H23N3O2S/c1-13-16(19-18(23-13)14-6-10-24-12-14)11-20-8-4-15(5-9-20)21-7-2-3-17(21)22/h6,10,12,15H,2-5,7-9,11H2,1H3. The van der Waals surface area contributed by atoms with Crippen LogP contribution in [0.5, 0.6) is 0 Å². The summed E-state index contributed by atoms with van der Waals surface area (Å²) in [4.78, 5) is 21.1. The number of hydrogen-bond donors (Lipinski definition) is 0. The smallest absolute Gasteiger partial charge is 0.227 e. The quantitative estimate of drug-likeness (QED) is 0.853. The number of carbonyl (C=O) groups is 1. The maximum atomic E-state index is 11.9. The molecule has 2 aliphatic heterocycles. The first kappa shape index (κ1) is 15.8. The molecule has 4 rings (SSSR count). The van der Waals surface area contributed by atoms with Crippen molar-refractivity contribution in [3.63, 3.8) is 0 Å². The molecule has 0 atom stereocenters. The molecule has 2 fully saturated rings. The summed E-state index contributed by atoms with van der Waals surface area (Å²) in [6, 6.07) is 2.48. The van der Waals surface area contributed by atoms with Crippen LogP contribution >= 0.6 is 11.3 Å². The van der Waals surface area contributed by atoms with Crippen molar-refractivity contribution in [1.82, 2.24) is 14.8 Å². The van der Waals surface area contributed by atoms with Gasteiger partial charge >= 0.3 is 0 Å². The maximum Gasteiger partial charge on any atom is 0.227 e. The first-order valence-electron chi connectivity index (χ1n) is 8.71. The van der Waals surface area contributed by atoms with Gasteiger partial charge in [0.15, 0.2) is 0 Å². The van der Waals surface area contributed by atoms with Crippen LogP contribution in [0.15, 0.2) is 21.2 Å². The summed E-state index contributed by atoms with van der Waals surface area (Å²) in [6.45, 7) is 5.83. The summed E-state index contributed by atoms with van der Waals surface area (Å²) in [5.41, 5.74) is 2.09. The van der Waals surface area contributed by atoms with E-state index in [9.17, 15) is 4.79 Å². The lowest BCUT2D eigenvalue weighted by Crippen LogP contribution is -2.45. The first-order chi connectivity index (χ1) is 11.7. The van der Waals surface area contributed by atoms with E-state index in [0.29, 0.717) is 11.9 Å². The van der Waals surface area contributed by atoms with E-state index in [1.54, 1.807) is 11.3 Å². The van der Waals surface area contributed by atoms with Crippen molar-refractivity contribution >= 4 is 17.2 Å². The molecular weight excluding hydrogens is 322 g/mol. The Morgan fingerprint density at radius 2 is 2.17 bits per heavy atom. The Hall–Kier alpha value is -1.66. The number of amides is 1. The summed E-state index contributed by atoms with van der Waals surface area (Å²) in [5.74, 6) is 1.98. The number of likely N-dealkylation sites (tertiary alicyclic amines) is 2. The Bertz CT molecular complexity index is 702. The average molecular weight is 345 g/mol. The van der Waals surface area contributed by atoms with Gasteiger partial charge in [0.05, 0.1) is 5.69 Å². The van der Waals surface area contributed by atoms with Gasteiger partial charge in [0, 0.05) is 49.6 Å². The Labute approximate surface area is 146 Å². The highest BCUT2D eigenvalue weighted by atomic mass is 32.1. The number of oxazole rings is 1. The number of hydrogen-bond acceptors (Lipinski definition) is 5. The van der Waals surface area contributed by atoms with Crippen molar-refractivity contribution in [2.45, 2.75) is 45.2 Å². The monoisotopic (exact) mass is 345 g/mol. The molecule has 1 amide bonds. The van der Waals surface area contributed by atoms with Crippen LogP contribution in [0.3, 0.4) is 0 Å². The first-order valence-corrected chi connectivity index (χ1v) is 9.65. The van der Waals surface area contributed by atoms with Crippen molar-refractivity contribution in [2.75, 3.05) is 19.6 Å². The highest BCUT2D eigenvalue weighted by Crippen LogP contribution is 2.26. The molecule has 2 aromatic heterocycles. The third-order valence-electron chi connectivity index (χ3n) is 5.14. The number of piperidine rings is 1. The van der Waals surface area contributed by atoms with Crippen LogP contribution in [0.1, 0.15) is 37.1 Å². The zero-order valence-corrected chi connectivity index (χ0v) is 14.8. The van der Waals surface area contributed by atoms with Crippen LogP contribution in [0, 0.1) is 6.92 Å². The van der Waals surface area contributed by atoms with Gasteiger partial charge in [-0.2, -0.15) is 11.3 Å². The van der Waals surface area contributed by atoms with E-state index in [1.807, 2.05) is 18.4 Å². The van der Waals surface area contributed by atoms with Gasteiger partial charge < -0.3 is 9.32 Å². The van der Waals surface area contributed by atoms with E-state index in [0.717, 1.165) is 74.8 Å². The molecule has 6 heteroatoms. The zero-order chi connectivity index (χ0) is 16.5. The Balaban J connectivity index is 1.36. The molecule has 0 saturated carbocycles. The zero-order valence-electron chi connectivity index (χ0n) is 14.0. The Morgan fingerprint density at radius 1 is 1.33 bits per heavy atom. The van der Waals surface area contributed by atoms with Gasteiger partial charge in [0.2, 0.25) is 11.8 Å². The normalized spacial score (nSPS) is 20.2. The highest BCUT2D eigenvalue weighted by molar-refractivity contribution is 7.08. The molecule has 0 aromatic carbocycles. The minimum atomic E-state index is 0.348. The van der Waals surface area contributed by atoms with E-state index >= 15 is 0 Å². The second-order valence-corrected chi connectivity index (χ2v) is 7.51. The SMILES string of the molecule is Cc1oc(-c2ccsc2)nc1CN1CCC(N2CCCC2=O)CC1. The molecule has 4 heterocycles. The lowest BCUT2D eigenvalue weighted by molar-refractivity contribution is -0.130. The molecule has 128 valence electrons. The van der Waals surface area contributed by atoms with Crippen LogP contribution in [-0.4, -0.2) is 46.4 Å². The number of thiophene rings is 1. The van der Waals surface area contributed by atoms with Gasteiger partial charge in [-0.05, 0) is 37.6 Å². The van der Waals surface area contributed by atoms with Gasteiger partial charge in [0.25, 0.3) is 0 Å². The van der Waals surface area contributed by atoms with E-state index in [2.05, 4.69) is 20.2 Å². The van der Waals surface area contributed by atoms with E-state index < -0.39 is 0 Å². The van der Waals surface area contributed by atoms with Gasteiger partial charge in [-0.15, -0.1) is 0 Å².